The number of halogens is 2. The second kappa shape index (κ2) is 29.6. The minimum atomic E-state index is -0.861. The molecule has 1 fully saturated rings. The van der Waals surface area contributed by atoms with E-state index < -0.39 is 12.9 Å². The summed E-state index contributed by atoms with van der Waals surface area (Å²) in [6, 6.07) is 9.82. The number of aliphatic imine (C=N–C) groups is 1. The molecule has 16 nitrogen and oxygen atoms in total. The fraction of sp³-hybridized carbons (Fsp3) is 0.364. The van der Waals surface area contributed by atoms with Crippen LogP contribution in [0.4, 0.5) is 30.6 Å². The molecule has 0 aliphatic carbocycles. The van der Waals surface area contributed by atoms with Crippen LogP contribution in [-0.4, -0.2) is 117 Å². The van der Waals surface area contributed by atoms with Crippen molar-refractivity contribution in [2.24, 2.45) is 4.99 Å². The number of aromatic hydroxyl groups is 1. The normalized spacial score (nSPS) is 14.2. The zero-order valence-corrected chi connectivity index (χ0v) is 43.3. The number of phenols is 1. The fourth-order valence-corrected chi connectivity index (χ4v) is 8.24. The Labute approximate surface area is 426 Å². The first kappa shape index (κ1) is 59.6. The molecule has 0 unspecified atom stereocenters. The number of carbonyl (C=O) groups excluding carboxylic acids is 5. The summed E-state index contributed by atoms with van der Waals surface area (Å²) in [5.41, 5.74) is 7.31. The van der Waals surface area contributed by atoms with Gasteiger partial charge in [-0.25, -0.2) is 13.6 Å². The molecule has 392 valence electrons. The lowest BCUT2D eigenvalue weighted by Gasteiger charge is -2.31. The van der Waals surface area contributed by atoms with E-state index in [9.17, 15) is 28.3 Å². The number of phenolic OH excluding ortho intramolecular Hbond substituents is 1. The van der Waals surface area contributed by atoms with Gasteiger partial charge in [0.1, 0.15) is 30.6 Å². The van der Waals surface area contributed by atoms with Gasteiger partial charge in [0.15, 0.2) is 11.5 Å². The van der Waals surface area contributed by atoms with E-state index in [-0.39, 0.29) is 47.6 Å². The maximum Gasteiger partial charge on any atom is 0.511 e. The van der Waals surface area contributed by atoms with Crippen molar-refractivity contribution in [2.45, 2.75) is 80.6 Å². The summed E-state index contributed by atoms with van der Waals surface area (Å²) in [5.74, 6) is -0.993. The summed E-state index contributed by atoms with van der Waals surface area (Å²) >= 11 is 0. The molecule has 5 heterocycles. The third kappa shape index (κ3) is 14.7. The first-order valence-corrected chi connectivity index (χ1v) is 23.8. The summed E-state index contributed by atoms with van der Waals surface area (Å²) in [5, 5.41) is 11.7. The van der Waals surface area contributed by atoms with Gasteiger partial charge < -0.3 is 53.2 Å². The molecule has 2 amide bonds. The van der Waals surface area contributed by atoms with Gasteiger partial charge in [0.2, 0.25) is 6.79 Å². The minimum absolute atomic E-state index is 0.0891. The summed E-state index contributed by atoms with van der Waals surface area (Å²) in [7, 11) is 3.83. The first-order valence-electron chi connectivity index (χ1n) is 23.8. The Morgan fingerprint density at radius 3 is 2.21 bits per heavy atom. The molecule has 8 rings (SSSR count). The predicted molar refractivity (Wildman–Crippen MR) is 282 cm³/mol. The molecule has 4 aliphatic heterocycles. The summed E-state index contributed by atoms with van der Waals surface area (Å²) < 4.78 is 47.9. The van der Waals surface area contributed by atoms with Crippen LogP contribution in [0.3, 0.4) is 0 Å². The summed E-state index contributed by atoms with van der Waals surface area (Å²) in [6.07, 6.45) is 11.3. The Kier molecular flexibility index (Phi) is 24.1. The van der Waals surface area contributed by atoms with Crippen molar-refractivity contribution in [2.75, 3.05) is 63.5 Å². The van der Waals surface area contributed by atoms with Gasteiger partial charge in [0, 0.05) is 94.3 Å². The quantitative estimate of drug-likeness (QED) is 0.0805. The van der Waals surface area contributed by atoms with E-state index in [0.29, 0.717) is 80.3 Å². The smallest absolute Gasteiger partial charge is 0.505 e. The van der Waals surface area contributed by atoms with Crippen LogP contribution >= 0.6 is 0 Å². The van der Waals surface area contributed by atoms with Crippen molar-refractivity contribution < 1.29 is 56.8 Å². The summed E-state index contributed by atoms with van der Waals surface area (Å²) in [4.78, 5) is 71.1. The molecule has 0 saturated carbocycles. The Hall–Kier alpha value is -7.73. The van der Waals surface area contributed by atoms with Crippen molar-refractivity contribution in [1.29, 1.82) is 0 Å². The highest BCUT2D eigenvalue weighted by Gasteiger charge is 2.39. The van der Waals surface area contributed by atoms with E-state index in [2.05, 4.69) is 21.5 Å². The van der Waals surface area contributed by atoms with Crippen LogP contribution in [0.25, 0.3) is 17.0 Å². The van der Waals surface area contributed by atoms with E-state index in [1.807, 2.05) is 84.6 Å². The fourth-order valence-electron chi connectivity index (χ4n) is 8.24. The van der Waals surface area contributed by atoms with Crippen molar-refractivity contribution in [3.05, 3.63) is 124 Å². The van der Waals surface area contributed by atoms with Crippen LogP contribution in [0.15, 0.2) is 89.9 Å². The average molecular weight is 1010 g/mol. The Balaban J connectivity index is 0.000000342. The van der Waals surface area contributed by atoms with Crippen LogP contribution in [-0.2, 0) is 43.4 Å². The number of hydrogen-bond donors (Lipinski definition) is 1. The number of amides is 2. The number of pyridine rings is 1. The largest absolute Gasteiger partial charge is 0.511 e. The van der Waals surface area contributed by atoms with E-state index in [0.717, 1.165) is 39.0 Å². The van der Waals surface area contributed by atoms with Gasteiger partial charge in [0.05, 0.1) is 47.6 Å². The predicted octanol–water partition coefficient (Wildman–Crippen LogP) is 10.5. The molecular weight excluding hydrogens is 943 g/mol. The second-order valence-electron chi connectivity index (χ2n) is 16.2. The number of rotatable bonds is 12. The molecular formula is C55H68F2N6O10. The van der Waals surface area contributed by atoms with E-state index in [1.165, 1.54) is 25.1 Å². The van der Waals surface area contributed by atoms with Crippen LogP contribution in [0.1, 0.15) is 97.9 Å². The van der Waals surface area contributed by atoms with Gasteiger partial charge in [0.25, 0.3) is 11.8 Å². The third-order valence-electron chi connectivity index (χ3n) is 11.0. The van der Waals surface area contributed by atoms with Gasteiger partial charge in [-0.15, -0.1) is 0 Å². The topological polar surface area (TPSA) is 181 Å². The standard InChI is InChI=1S/C26H28FN3O5.C23H24FN3O3.2C2H6.2CH2O/c1-16(2)35-26(32)34-15-33-24-21-20(23(29(3)4)19-7-5-6-12-28-22(19)24)14-30(25(21)31)13-17-8-10-18(27)11-9-17;1-3-16(7-6-15(2)24)13-27-14-18-19(23(27)29)22(28)20-17(5-4-8-25-20)21(18)26-9-11-30-12-10-26;4*1-2/h5,7-12,16H,6,13-15H2,1-4H3;3-8,28H,1,9-14H2,2H3;2*1-2H3;2*1H2/b;15-6+,16-7+;;;;. The molecule has 4 aromatic rings. The number of morpholine rings is 1. The van der Waals surface area contributed by atoms with Crippen LogP contribution in [0.2, 0.25) is 0 Å². The molecule has 18 heteroatoms. The summed E-state index contributed by atoms with van der Waals surface area (Å²) in [6.45, 7) is 24.0. The number of aromatic nitrogens is 1. The van der Waals surface area contributed by atoms with Crippen molar-refractivity contribution >= 4 is 71.8 Å². The molecule has 73 heavy (non-hydrogen) atoms. The van der Waals surface area contributed by atoms with Crippen LogP contribution < -0.4 is 14.5 Å². The van der Waals surface area contributed by atoms with E-state index in [4.69, 9.17) is 28.5 Å². The SMILES string of the molecule is C=C/C(=C\C=C(/C)F)CN1Cc2c(c(O)c3ncccc3c2N2CCOCC2)C1=O.C=O.C=O.CC.CC.CC(C)OC(=O)OCOc1c2c(c(N(C)C)c3c1C(=O)N(Cc1ccc(F)cc1)C3)C=CCC=N2. The van der Waals surface area contributed by atoms with E-state index in [1.54, 1.807) is 60.3 Å². The molecule has 0 bridgehead atoms. The molecule has 1 N–H and O–H groups in total. The van der Waals surface area contributed by atoms with Crippen molar-refractivity contribution in [3.8, 4) is 11.5 Å². The second-order valence-corrected chi connectivity index (χ2v) is 16.2. The molecule has 1 saturated heterocycles. The van der Waals surface area contributed by atoms with Gasteiger partial charge in [-0.3, -0.25) is 19.6 Å². The minimum Gasteiger partial charge on any atom is -0.505 e. The van der Waals surface area contributed by atoms with E-state index >= 15 is 0 Å². The number of allylic oxidation sites excluding steroid dienone is 4. The third-order valence-corrected chi connectivity index (χ3v) is 11.0. The van der Waals surface area contributed by atoms with Crippen molar-refractivity contribution in [1.82, 2.24) is 14.8 Å². The lowest BCUT2D eigenvalue weighted by Crippen LogP contribution is -2.37. The Morgan fingerprint density at radius 2 is 1.59 bits per heavy atom. The number of nitrogens with zero attached hydrogens (tertiary/aromatic N) is 6. The zero-order chi connectivity index (χ0) is 54.4. The first-order chi connectivity index (χ1) is 35.3. The number of fused-ring (bicyclic) bond motifs is 4. The highest BCUT2D eigenvalue weighted by atomic mass is 19.1. The monoisotopic (exact) mass is 1010 g/mol. The Bertz CT molecular complexity index is 2660. The zero-order valence-electron chi connectivity index (χ0n) is 43.3. The van der Waals surface area contributed by atoms with Crippen LogP contribution in [0.5, 0.6) is 11.5 Å². The average Bonchev–Trinajstić information content (AvgIpc) is 3.76. The molecule has 1 aromatic heterocycles. The highest BCUT2D eigenvalue weighted by molar-refractivity contribution is 6.11. The number of benzene rings is 3. The molecule has 0 spiro atoms. The highest BCUT2D eigenvalue weighted by Crippen LogP contribution is 2.49. The Morgan fingerprint density at radius 1 is 0.945 bits per heavy atom. The van der Waals surface area contributed by atoms with Crippen LogP contribution in [0, 0.1) is 5.82 Å². The maximum atomic E-state index is 13.6. The van der Waals surface area contributed by atoms with Gasteiger partial charge in [-0.1, -0.05) is 70.7 Å². The van der Waals surface area contributed by atoms with Crippen molar-refractivity contribution in [3.63, 3.8) is 0 Å². The molecule has 0 radical (unpaired) electrons. The molecule has 0 atom stereocenters. The lowest BCUT2D eigenvalue weighted by molar-refractivity contribution is -0.0987. The number of anilines is 2. The number of carbonyl (C=O) groups is 5. The number of ether oxygens (including phenoxy) is 4. The van der Waals surface area contributed by atoms with Gasteiger partial charge in [-0.2, -0.15) is 0 Å². The van der Waals surface area contributed by atoms with Gasteiger partial charge >= 0.3 is 6.16 Å². The lowest BCUT2D eigenvalue weighted by atomic mass is 9.98. The maximum absolute atomic E-state index is 13.6. The molecule has 4 aliphatic rings. The van der Waals surface area contributed by atoms with Gasteiger partial charge in [-0.05, 0) is 62.2 Å². The number of hydrogen-bond acceptors (Lipinski definition) is 14. The molecule has 3 aromatic carbocycles.